The van der Waals surface area contributed by atoms with Crippen LogP contribution in [0, 0.1) is 0 Å². The van der Waals surface area contributed by atoms with Crippen LogP contribution in [0.3, 0.4) is 0 Å². The quantitative estimate of drug-likeness (QED) is 0.137. The summed E-state index contributed by atoms with van der Waals surface area (Å²) >= 11 is 0. The second-order valence-corrected chi connectivity index (χ2v) is 26.8. The molecule has 0 N–H and O–H groups in total. The number of hydrogen-bond donors (Lipinski definition) is 0. The highest BCUT2D eigenvalue weighted by atomic mass is 15.0. The molecule has 4 aromatic heterocycles. The topological polar surface area (TPSA) is 19.7 Å². The molecule has 0 aliphatic heterocycles. The van der Waals surface area contributed by atoms with Crippen molar-refractivity contribution in [1.82, 2.24) is 18.3 Å². The Morgan fingerprint density at radius 1 is 0.118 bits per heavy atom. The molecule has 0 amide bonds. The van der Waals surface area contributed by atoms with Gasteiger partial charge in [-0.15, -0.1) is 0 Å². The molecular formula is C98H64N4. The van der Waals surface area contributed by atoms with Crippen LogP contribution in [0.25, 0.3) is 187 Å². The van der Waals surface area contributed by atoms with Crippen molar-refractivity contribution in [1.29, 1.82) is 0 Å². The van der Waals surface area contributed by atoms with Crippen LogP contribution >= 0.6 is 0 Å². The minimum Gasteiger partial charge on any atom is -0.309 e. The lowest BCUT2D eigenvalue weighted by Gasteiger charge is -2.11. The molecule has 0 saturated heterocycles. The van der Waals surface area contributed by atoms with E-state index in [-0.39, 0.29) is 0 Å². The van der Waals surface area contributed by atoms with E-state index >= 15 is 0 Å². The highest BCUT2D eigenvalue weighted by Gasteiger charge is 2.20. The van der Waals surface area contributed by atoms with Crippen molar-refractivity contribution in [3.05, 3.63) is 388 Å². The number of benzene rings is 17. The lowest BCUT2D eigenvalue weighted by atomic mass is 10.0. The lowest BCUT2D eigenvalue weighted by Crippen LogP contribution is -1.94. The smallest absolute Gasteiger partial charge is 0.0541 e. The molecule has 0 saturated carbocycles. The van der Waals surface area contributed by atoms with Crippen molar-refractivity contribution >= 4 is 109 Å². The Labute approximate surface area is 590 Å². The normalized spacial score (nSPS) is 11.7. The van der Waals surface area contributed by atoms with Crippen molar-refractivity contribution in [2.45, 2.75) is 0 Å². The Hall–Kier alpha value is -13.5. The first-order valence-electron chi connectivity index (χ1n) is 35.1. The number of hydrogen-bond acceptors (Lipinski definition) is 0. The van der Waals surface area contributed by atoms with E-state index in [1.54, 1.807) is 0 Å². The Balaban J connectivity index is 0.000000138. The van der Waals surface area contributed by atoms with Gasteiger partial charge in [0.15, 0.2) is 0 Å². The molecule has 0 radical (unpaired) electrons. The maximum absolute atomic E-state index is 2.40. The molecule has 0 aliphatic rings. The van der Waals surface area contributed by atoms with Crippen molar-refractivity contribution in [3.63, 3.8) is 0 Å². The molecular weight excluding hydrogens is 1230 g/mol. The summed E-state index contributed by atoms with van der Waals surface area (Å²) in [5.74, 6) is 0. The van der Waals surface area contributed by atoms with E-state index in [2.05, 4.69) is 407 Å². The molecule has 21 aromatic rings. The fourth-order valence-corrected chi connectivity index (χ4v) is 16.1. The molecule has 0 fully saturated rings. The highest BCUT2D eigenvalue weighted by molar-refractivity contribution is 6.15. The van der Waals surface area contributed by atoms with Gasteiger partial charge < -0.3 is 18.3 Å². The van der Waals surface area contributed by atoms with Gasteiger partial charge in [-0.2, -0.15) is 0 Å². The van der Waals surface area contributed by atoms with Crippen LogP contribution in [-0.2, 0) is 0 Å². The van der Waals surface area contributed by atoms with E-state index < -0.39 is 0 Å². The van der Waals surface area contributed by atoms with E-state index in [9.17, 15) is 0 Å². The molecule has 0 bridgehead atoms. The van der Waals surface area contributed by atoms with Crippen LogP contribution in [0.5, 0.6) is 0 Å². The third-order valence-corrected chi connectivity index (χ3v) is 21.0. The van der Waals surface area contributed by atoms with Gasteiger partial charge >= 0.3 is 0 Å². The van der Waals surface area contributed by atoms with Gasteiger partial charge in [-0.25, -0.2) is 0 Å². The van der Waals surface area contributed by atoms with Crippen LogP contribution in [0.15, 0.2) is 388 Å². The first-order chi connectivity index (χ1) is 50.6. The second-order valence-electron chi connectivity index (χ2n) is 26.8. The van der Waals surface area contributed by atoms with Gasteiger partial charge in [-0.3, -0.25) is 0 Å². The summed E-state index contributed by atoms with van der Waals surface area (Å²) < 4.78 is 9.59. The van der Waals surface area contributed by atoms with Gasteiger partial charge in [0.2, 0.25) is 0 Å². The fraction of sp³-hybridized carbons (Fsp3) is 0. The zero-order valence-corrected chi connectivity index (χ0v) is 55.7. The van der Waals surface area contributed by atoms with Gasteiger partial charge in [0, 0.05) is 65.8 Å². The number of para-hydroxylation sites is 4. The Morgan fingerprint density at radius 2 is 0.343 bits per heavy atom. The van der Waals surface area contributed by atoms with Crippen LogP contribution < -0.4 is 0 Å². The Morgan fingerprint density at radius 3 is 0.706 bits per heavy atom. The number of rotatable bonds is 9. The SMILES string of the molecule is c1ccc(-c2ccc(-n3c4ccccc4c4cc(-c5ccc6c(c5)c5ccccc5n6-c5ccc(-c6ccc7ccccc7c6)cc5)ccc43)cc2)cc1.c1ccc(-c2ccc(-n3c4ccccc4c4cc(-c5ccc6c(c5)c5ccccc5n6-c5ccc6ccccc6c5)ccc43)cc2)cc1. The summed E-state index contributed by atoms with van der Waals surface area (Å²) in [6, 6.07) is 141. The van der Waals surface area contributed by atoms with Gasteiger partial charge in [0.05, 0.1) is 44.1 Å². The number of nitrogens with zero attached hydrogens (tertiary/aromatic N) is 4. The summed E-state index contributed by atoms with van der Waals surface area (Å²) in [5, 5.41) is 15.1. The highest BCUT2D eigenvalue weighted by Crippen LogP contribution is 2.42. The number of aromatic nitrogens is 4. The van der Waals surface area contributed by atoms with Crippen molar-refractivity contribution in [2.24, 2.45) is 0 Å². The van der Waals surface area contributed by atoms with Gasteiger partial charge in [0.25, 0.3) is 0 Å². The molecule has 17 aromatic carbocycles. The molecule has 21 rings (SSSR count). The van der Waals surface area contributed by atoms with E-state index in [1.807, 2.05) is 0 Å². The lowest BCUT2D eigenvalue weighted by molar-refractivity contribution is 1.18. The average Bonchev–Trinajstić information content (AvgIpc) is 1.60. The maximum atomic E-state index is 2.40. The predicted octanol–water partition coefficient (Wildman–Crippen LogP) is 26.4. The largest absolute Gasteiger partial charge is 0.309 e. The van der Waals surface area contributed by atoms with Gasteiger partial charge in [0.1, 0.15) is 0 Å². The monoisotopic (exact) mass is 1300 g/mol. The van der Waals surface area contributed by atoms with Crippen molar-refractivity contribution in [3.8, 4) is 78.4 Å². The predicted molar refractivity (Wildman–Crippen MR) is 432 cm³/mol. The molecule has 0 aliphatic carbocycles. The molecule has 4 nitrogen and oxygen atoms in total. The molecule has 4 heteroatoms. The molecule has 0 atom stereocenters. The molecule has 4 heterocycles. The summed E-state index contributed by atoms with van der Waals surface area (Å²) in [6.45, 7) is 0. The van der Waals surface area contributed by atoms with Gasteiger partial charge in [-0.05, 0) is 205 Å². The Bertz CT molecular complexity index is 6830. The third-order valence-electron chi connectivity index (χ3n) is 21.0. The van der Waals surface area contributed by atoms with Crippen molar-refractivity contribution < 1.29 is 0 Å². The van der Waals surface area contributed by atoms with E-state index in [0.717, 1.165) is 17.1 Å². The standard InChI is InChI=1S/C52H34N2.C46H30N2/c1-2-10-35(11-3-1)37-20-26-43(27-21-37)53-49-16-8-6-14-45(49)47-33-41(24-30-51(47)53)42-25-31-52-48(34-42)46-15-7-9-17-50(46)54(52)44-28-22-38(23-29-44)40-19-18-36-12-4-5-13-39(36)32-40;1-2-10-31(11-3-1)33-18-23-37(24-19-33)47-43-16-8-6-14-39(43)41-29-35(21-26-45(41)47)36-22-27-46-42(30-36)40-15-7-9-17-44(40)48(46)38-25-20-32-12-4-5-13-34(32)28-38/h1-34H;1-30H. The molecule has 102 heavy (non-hydrogen) atoms. The zero-order chi connectivity index (χ0) is 67.2. The van der Waals surface area contributed by atoms with E-state index in [4.69, 9.17) is 0 Å². The molecule has 476 valence electrons. The average molecular weight is 1300 g/mol. The number of fused-ring (bicyclic) bond motifs is 14. The third kappa shape index (κ3) is 9.91. The van der Waals surface area contributed by atoms with Crippen LogP contribution in [0.2, 0.25) is 0 Å². The second kappa shape index (κ2) is 24.2. The summed E-state index contributed by atoms with van der Waals surface area (Å²) in [7, 11) is 0. The molecule has 0 spiro atoms. The van der Waals surface area contributed by atoms with Gasteiger partial charge in [-0.1, -0.05) is 261 Å². The minimum atomic E-state index is 1.16. The van der Waals surface area contributed by atoms with Crippen LogP contribution in [-0.4, -0.2) is 18.3 Å². The maximum Gasteiger partial charge on any atom is 0.0541 e. The summed E-state index contributed by atoms with van der Waals surface area (Å²) in [4.78, 5) is 0. The van der Waals surface area contributed by atoms with Crippen LogP contribution in [0.1, 0.15) is 0 Å². The fourth-order valence-electron chi connectivity index (χ4n) is 16.1. The van der Waals surface area contributed by atoms with E-state index in [0.29, 0.717) is 0 Å². The zero-order valence-electron chi connectivity index (χ0n) is 55.7. The summed E-state index contributed by atoms with van der Waals surface area (Å²) in [6.07, 6.45) is 0. The first-order valence-corrected chi connectivity index (χ1v) is 35.1. The first kappa shape index (κ1) is 58.6. The molecule has 0 unspecified atom stereocenters. The summed E-state index contributed by atoms with van der Waals surface area (Å²) in [5.41, 5.74) is 26.5. The van der Waals surface area contributed by atoms with Crippen molar-refractivity contribution in [2.75, 3.05) is 0 Å². The minimum absolute atomic E-state index is 1.16. The van der Waals surface area contributed by atoms with Crippen LogP contribution in [0.4, 0.5) is 0 Å². The Kier molecular flexibility index (Phi) is 13.9. The van der Waals surface area contributed by atoms with E-state index in [1.165, 1.54) is 170 Å².